The molecule has 1 aromatic heterocycles. The molecule has 0 aliphatic heterocycles. The van der Waals surface area contributed by atoms with Crippen molar-refractivity contribution in [1.29, 1.82) is 0 Å². The van der Waals surface area contributed by atoms with Gasteiger partial charge in [-0.3, -0.25) is 4.98 Å². The van der Waals surface area contributed by atoms with Gasteiger partial charge in [0.1, 0.15) is 0 Å². The number of aromatic nitrogens is 1. The summed E-state index contributed by atoms with van der Waals surface area (Å²) in [6, 6.07) is 3.64. The molecular formula is C8H6INO3. The lowest BCUT2D eigenvalue weighted by Gasteiger charge is -2.01. The van der Waals surface area contributed by atoms with Crippen molar-refractivity contribution in [3.05, 3.63) is 26.3 Å². The maximum absolute atomic E-state index is 10.9. The molecule has 0 unspecified atom stereocenters. The van der Waals surface area contributed by atoms with E-state index in [1.165, 1.54) is 0 Å². The fraction of sp³-hybridized carbons (Fsp3) is 0.125. The summed E-state index contributed by atoms with van der Waals surface area (Å²) in [6.07, 6.45) is 0. The van der Waals surface area contributed by atoms with Crippen molar-refractivity contribution in [1.82, 2.24) is 4.98 Å². The lowest BCUT2D eigenvalue weighted by Crippen LogP contribution is -1.92. The van der Waals surface area contributed by atoms with Crippen LogP contribution >= 0.6 is 22.6 Å². The Morgan fingerprint density at radius 1 is 1.54 bits per heavy atom. The maximum Gasteiger partial charge on any atom is 0.417 e. The molecule has 0 saturated heterocycles. The second-order valence-corrected chi connectivity index (χ2v) is 3.63. The maximum atomic E-state index is 10.9. The van der Waals surface area contributed by atoms with Crippen LogP contribution in [0.2, 0.25) is 0 Å². The predicted molar refractivity (Wildman–Crippen MR) is 56.1 cm³/mol. The van der Waals surface area contributed by atoms with E-state index in [9.17, 15) is 4.79 Å². The molecule has 0 atom stereocenters. The molecular weight excluding hydrogens is 285 g/mol. The van der Waals surface area contributed by atoms with E-state index in [1.807, 2.05) is 6.07 Å². The first-order valence-corrected chi connectivity index (χ1v) is 4.65. The number of fused-ring (bicyclic) bond motifs is 1. The molecule has 0 aliphatic carbocycles. The third-order valence-electron chi connectivity index (χ3n) is 1.70. The lowest BCUT2D eigenvalue weighted by molar-refractivity contribution is 0.405. The highest BCUT2D eigenvalue weighted by Crippen LogP contribution is 2.28. The summed E-state index contributed by atoms with van der Waals surface area (Å²) in [4.78, 5) is 13.4. The molecule has 5 heteroatoms. The van der Waals surface area contributed by atoms with Gasteiger partial charge in [0, 0.05) is 0 Å². The Balaban J connectivity index is 2.90. The minimum Gasteiger partial charge on any atom is -0.492 e. The SMILES string of the molecule is COc1c(I)ccc2[nH]c(=O)oc12. The first-order valence-electron chi connectivity index (χ1n) is 3.57. The van der Waals surface area contributed by atoms with Crippen LogP contribution in [0.4, 0.5) is 0 Å². The number of oxazole rings is 1. The Bertz CT molecular complexity index is 500. The Labute approximate surface area is 87.0 Å². The molecule has 0 radical (unpaired) electrons. The van der Waals surface area contributed by atoms with Crippen molar-refractivity contribution in [2.75, 3.05) is 7.11 Å². The zero-order valence-corrected chi connectivity index (χ0v) is 8.91. The van der Waals surface area contributed by atoms with Gasteiger partial charge in [0.25, 0.3) is 0 Å². The van der Waals surface area contributed by atoms with Gasteiger partial charge in [0.05, 0.1) is 16.2 Å². The molecule has 2 aromatic rings. The highest BCUT2D eigenvalue weighted by molar-refractivity contribution is 14.1. The largest absolute Gasteiger partial charge is 0.492 e. The van der Waals surface area contributed by atoms with Crippen LogP contribution < -0.4 is 10.5 Å². The van der Waals surface area contributed by atoms with Gasteiger partial charge in [-0.1, -0.05) is 0 Å². The van der Waals surface area contributed by atoms with Crippen molar-refractivity contribution in [3.63, 3.8) is 0 Å². The van der Waals surface area contributed by atoms with E-state index < -0.39 is 5.76 Å². The average molecular weight is 291 g/mol. The zero-order chi connectivity index (χ0) is 9.42. The van der Waals surface area contributed by atoms with Crippen LogP contribution in [0, 0.1) is 3.57 Å². The molecule has 68 valence electrons. The fourth-order valence-electron chi connectivity index (χ4n) is 1.16. The van der Waals surface area contributed by atoms with Gasteiger partial charge in [-0.2, -0.15) is 0 Å². The van der Waals surface area contributed by atoms with Crippen LogP contribution in [0.15, 0.2) is 21.3 Å². The predicted octanol–water partition coefficient (Wildman–Crippen LogP) is 1.73. The first kappa shape index (κ1) is 8.61. The number of methoxy groups -OCH3 is 1. The highest BCUT2D eigenvalue weighted by atomic mass is 127. The van der Waals surface area contributed by atoms with Crippen molar-refractivity contribution < 1.29 is 9.15 Å². The molecule has 13 heavy (non-hydrogen) atoms. The summed E-state index contributed by atoms with van der Waals surface area (Å²) in [5, 5.41) is 0. The standard InChI is InChI=1S/C8H6INO3/c1-12-6-4(9)2-3-5-7(6)13-8(11)10-5/h2-3H,1H3,(H,10,11). The number of benzene rings is 1. The summed E-state index contributed by atoms with van der Waals surface area (Å²) in [5.41, 5.74) is 1.13. The Hall–Kier alpha value is -0.980. The summed E-state index contributed by atoms with van der Waals surface area (Å²) >= 11 is 2.12. The van der Waals surface area contributed by atoms with E-state index in [2.05, 4.69) is 27.6 Å². The monoisotopic (exact) mass is 291 g/mol. The Kier molecular flexibility index (Phi) is 2.03. The van der Waals surface area contributed by atoms with Gasteiger partial charge in [0.2, 0.25) is 0 Å². The molecule has 1 N–H and O–H groups in total. The minimum absolute atomic E-state index is 0.463. The molecule has 1 heterocycles. The summed E-state index contributed by atoms with van der Waals surface area (Å²) in [6.45, 7) is 0. The normalized spacial score (nSPS) is 10.6. The minimum atomic E-state index is -0.463. The molecule has 0 spiro atoms. The van der Waals surface area contributed by atoms with Gasteiger partial charge in [-0.05, 0) is 34.7 Å². The quantitative estimate of drug-likeness (QED) is 0.814. The number of aromatic amines is 1. The zero-order valence-electron chi connectivity index (χ0n) is 6.76. The van der Waals surface area contributed by atoms with Crippen molar-refractivity contribution in [2.45, 2.75) is 0 Å². The van der Waals surface area contributed by atoms with Gasteiger partial charge in [-0.25, -0.2) is 4.79 Å². The molecule has 1 aromatic carbocycles. The smallest absolute Gasteiger partial charge is 0.417 e. The Morgan fingerprint density at radius 3 is 3.00 bits per heavy atom. The fourth-order valence-corrected chi connectivity index (χ4v) is 1.80. The molecule has 0 saturated carbocycles. The van der Waals surface area contributed by atoms with Crippen molar-refractivity contribution in [2.24, 2.45) is 0 Å². The van der Waals surface area contributed by atoms with E-state index in [4.69, 9.17) is 9.15 Å². The second kappa shape index (κ2) is 3.06. The summed E-state index contributed by atoms with van der Waals surface area (Å²) in [5.74, 6) is 0.131. The third kappa shape index (κ3) is 1.32. The van der Waals surface area contributed by atoms with E-state index >= 15 is 0 Å². The van der Waals surface area contributed by atoms with Crippen molar-refractivity contribution >= 4 is 33.7 Å². The number of ether oxygens (including phenoxy) is 1. The second-order valence-electron chi connectivity index (χ2n) is 2.47. The summed E-state index contributed by atoms with van der Waals surface area (Å²) in [7, 11) is 1.55. The molecule has 2 rings (SSSR count). The topological polar surface area (TPSA) is 55.2 Å². The van der Waals surface area contributed by atoms with Gasteiger partial charge in [-0.15, -0.1) is 0 Å². The molecule has 0 aliphatic rings. The molecule has 0 amide bonds. The number of nitrogens with one attached hydrogen (secondary N) is 1. The van der Waals surface area contributed by atoms with Gasteiger partial charge in [0.15, 0.2) is 11.3 Å². The molecule has 4 nitrogen and oxygen atoms in total. The van der Waals surface area contributed by atoms with Crippen LogP contribution in [0.25, 0.3) is 11.1 Å². The van der Waals surface area contributed by atoms with E-state index in [-0.39, 0.29) is 0 Å². The molecule has 0 bridgehead atoms. The van der Waals surface area contributed by atoms with Crippen LogP contribution in [-0.2, 0) is 0 Å². The summed E-state index contributed by atoms with van der Waals surface area (Å²) < 4.78 is 11.0. The van der Waals surface area contributed by atoms with E-state index in [0.717, 1.165) is 3.57 Å². The number of rotatable bonds is 1. The Morgan fingerprint density at radius 2 is 2.31 bits per heavy atom. The molecule has 0 fully saturated rings. The van der Waals surface area contributed by atoms with Crippen LogP contribution in [-0.4, -0.2) is 12.1 Å². The van der Waals surface area contributed by atoms with E-state index in [1.54, 1.807) is 13.2 Å². The number of hydrogen-bond donors (Lipinski definition) is 1. The van der Waals surface area contributed by atoms with Crippen LogP contribution in [0.5, 0.6) is 5.75 Å². The first-order chi connectivity index (χ1) is 6.22. The number of H-pyrrole nitrogens is 1. The van der Waals surface area contributed by atoms with Crippen LogP contribution in [0.1, 0.15) is 0 Å². The van der Waals surface area contributed by atoms with E-state index in [0.29, 0.717) is 16.8 Å². The third-order valence-corrected chi connectivity index (χ3v) is 2.55. The average Bonchev–Trinajstić information content (AvgIpc) is 2.45. The van der Waals surface area contributed by atoms with Crippen molar-refractivity contribution in [3.8, 4) is 5.75 Å². The number of hydrogen-bond acceptors (Lipinski definition) is 3. The van der Waals surface area contributed by atoms with Gasteiger partial charge >= 0.3 is 5.76 Å². The lowest BCUT2D eigenvalue weighted by atomic mass is 10.3. The van der Waals surface area contributed by atoms with Gasteiger partial charge < -0.3 is 9.15 Å². The highest BCUT2D eigenvalue weighted by Gasteiger charge is 2.10. The number of halogens is 1. The van der Waals surface area contributed by atoms with Crippen LogP contribution in [0.3, 0.4) is 0 Å².